The van der Waals surface area contributed by atoms with Crippen molar-refractivity contribution in [1.29, 1.82) is 0 Å². The van der Waals surface area contributed by atoms with Gasteiger partial charge >= 0.3 is 0 Å². The number of methoxy groups -OCH3 is 1. The molecule has 0 radical (unpaired) electrons. The lowest BCUT2D eigenvalue weighted by molar-refractivity contribution is 0.102. The number of aromatic amines is 1. The van der Waals surface area contributed by atoms with E-state index in [9.17, 15) is 4.79 Å². The van der Waals surface area contributed by atoms with E-state index in [0.29, 0.717) is 12.2 Å². The maximum atomic E-state index is 12.2. The molecule has 0 spiro atoms. The van der Waals surface area contributed by atoms with Gasteiger partial charge in [-0.3, -0.25) is 9.89 Å². The van der Waals surface area contributed by atoms with E-state index in [4.69, 9.17) is 4.74 Å². The molecule has 2 heterocycles. The number of hydrogen-bond donors (Lipinski definition) is 3. The van der Waals surface area contributed by atoms with Crippen molar-refractivity contribution in [2.45, 2.75) is 13.0 Å². The number of benzene rings is 1. The van der Waals surface area contributed by atoms with E-state index < -0.39 is 0 Å². The van der Waals surface area contributed by atoms with Gasteiger partial charge < -0.3 is 15.4 Å². The van der Waals surface area contributed by atoms with Crippen molar-refractivity contribution in [2.75, 3.05) is 19.0 Å². The van der Waals surface area contributed by atoms with E-state index in [1.807, 2.05) is 0 Å². The first-order chi connectivity index (χ1) is 9.78. The van der Waals surface area contributed by atoms with Gasteiger partial charge in [0.2, 0.25) is 0 Å². The number of carbonyl (C=O) groups excluding carboxylic acids is 1. The summed E-state index contributed by atoms with van der Waals surface area (Å²) < 4.78 is 5.08. The summed E-state index contributed by atoms with van der Waals surface area (Å²) in [5, 5.41) is 13.2. The van der Waals surface area contributed by atoms with Crippen LogP contribution in [0.2, 0.25) is 0 Å². The fourth-order valence-electron chi connectivity index (χ4n) is 2.28. The van der Waals surface area contributed by atoms with Crippen LogP contribution in [-0.2, 0) is 13.0 Å². The number of ether oxygens (including phenoxy) is 1. The summed E-state index contributed by atoms with van der Waals surface area (Å²) in [5.74, 6) is 0.556. The molecule has 1 aromatic heterocycles. The topological polar surface area (TPSA) is 79.0 Å². The standard InChI is InChI=1S/C14H16N4O2/c1-20-10-4-2-9(3-5-10)16-14(19)13-11-8-15-7-6-12(11)17-18-13/h2-5,15H,6-8H2,1H3,(H,16,19)(H,17,18). The number of aromatic nitrogens is 2. The molecule has 1 aromatic carbocycles. The third kappa shape index (κ3) is 2.37. The number of fused-ring (bicyclic) bond motifs is 1. The zero-order chi connectivity index (χ0) is 13.9. The molecular weight excluding hydrogens is 256 g/mol. The van der Waals surface area contributed by atoms with E-state index in [1.54, 1.807) is 31.4 Å². The van der Waals surface area contributed by atoms with Gasteiger partial charge in [-0.1, -0.05) is 0 Å². The number of anilines is 1. The first-order valence-corrected chi connectivity index (χ1v) is 6.50. The number of hydrogen-bond acceptors (Lipinski definition) is 4. The highest BCUT2D eigenvalue weighted by Gasteiger charge is 2.21. The molecule has 0 saturated carbocycles. The molecule has 3 N–H and O–H groups in total. The summed E-state index contributed by atoms with van der Waals surface area (Å²) in [6.07, 6.45) is 0.873. The Balaban J connectivity index is 1.77. The molecule has 0 fully saturated rings. The van der Waals surface area contributed by atoms with Crippen LogP contribution in [0, 0.1) is 0 Å². The third-order valence-electron chi connectivity index (χ3n) is 3.37. The van der Waals surface area contributed by atoms with Crippen molar-refractivity contribution in [3.8, 4) is 5.75 Å². The Morgan fingerprint density at radius 3 is 2.90 bits per heavy atom. The molecule has 0 unspecified atom stereocenters. The zero-order valence-corrected chi connectivity index (χ0v) is 11.2. The Bertz CT molecular complexity index is 619. The van der Waals surface area contributed by atoms with Crippen molar-refractivity contribution in [3.63, 3.8) is 0 Å². The summed E-state index contributed by atoms with van der Waals surface area (Å²) >= 11 is 0. The van der Waals surface area contributed by atoms with Gasteiger partial charge in [0.1, 0.15) is 5.75 Å². The quantitative estimate of drug-likeness (QED) is 0.787. The minimum absolute atomic E-state index is 0.198. The predicted octanol–water partition coefficient (Wildman–Crippen LogP) is 1.32. The Hall–Kier alpha value is -2.34. The molecule has 2 aromatic rings. The second-order valence-electron chi connectivity index (χ2n) is 4.64. The highest BCUT2D eigenvalue weighted by molar-refractivity contribution is 6.04. The third-order valence-corrected chi connectivity index (χ3v) is 3.37. The molecule has 104 valence electrons. The van der Waals surface area contributed by atoms with Crippen LogP contribution in [0.25, 0.3) is 0 Å². The van der Waals surface area contributed by atoms with Gasteiger partial charge in [-0.15, -0.1) is 0 Å². The maximum Gasteiger partial charge on any atom is 0.276 e. The van der Waals surface area contributed by atoms with Crippen LogP contribution in [0.3, 0.4) is 0 Å². The molecule has 1 aliphatic rings. The van der Waals surface area contributed by atoms with Crippen molar-refractivity contribution in [1.82, 2.24) is 15.5 Å². The van der Waals surface area contributed by atoms with Crippen LogP contribution in [0.15, 0.2) is 24.3 Å². The molecule has 1 amide bonds. The molecule has 0 bridgehead atoms. The summed E-state index contributed by atoms with van der Waals surface area (Å²) in [6, 6.07) is 7.20. The van der Waals surface area contributed by atoms with Crippen molar-refractivity contribution < 1.29 is 9.53 Å². The lowest BCUT2D eigenvalue weighted by Crippen LogP contribution is -2.25. The summed E-state index contributed by atoms with van der Waals surface area (Å²) in [4.78, 5) is 12.2. The van der Waals surface area contributed by atoms with E-state index in [2.05, 4.69) is 20.8 Å². The minimum atomic E-state index is -0.198. The summed E-state index contributed by atoms with van der Waals surface area (Å²) in [7, 11) is 1.61. The van der Waals surface area contributed by atoms with Gasteiger partial charge in [0.15, 0.2) is 5.69 Å². The smallest absolute Gasteiger partial charge is 0.276 e. The zero-order valence-electron chi connectivity index (χ0n) is 11.2. The van der Waals surface area contributed by atoms with E-state index >= 15 is 0 Å². The average molecular weight is 272 g/mol. The number of amides is 1. The second-order valence-corrected chi connectivity index (χ2v) is 4.64. The molecule has 1 aliphatic heterocycles. The van der Waals surface area contributed by atoms with Gasteiger partial charge in [0, 0.05) is 36.5 Å². The van der Waals surface area contributed by atoms with Crippen LogP contribution < -0.4 is 15.4 Å². The molecule has 0 saturated heterocycles. The molecular formula is C14H16N4O2. The Morgan fingerprint density at radius 2 is 2.15 bits per heavy atom. The molecule has 6 nitrogen and oxygen atoms in total. The lowest BCUT2D eigenvalue weighted by Gasteiger charge is -2.12. The largest absolute Gasteiger partial charge is 0.497 e. The second kappa shape index (κ2) is 5.34. The number of nitrogens with one attached hydrogen (secondary N) is 3. The lowest BCUT2D eigenvalue weighted by atomic mass is 10.1. The SMILES string of the molecule is COc1ccc(NC(=O)c2n[nH]c3c2CNCC3)cc1. The number of carbonyl (C=O) groups is 1. The van der Waals surface area contributed by atoms with Crippen LogP contribution in [0.4, 0.5) is 5.69 Å². The first kappa shape index (κ1) is 12.7. The van der Waals surface area contributed by atoms with Crippen molar-refractivity contribution in [3.05, 3.63) is 41.2 Å². The van der Waals surface area contributed by atoms with Crippen molar-refractivity contribution in [2.24, 2.45) is 0 Å². The molecule has 20 heavy (non-hydrogen) atoms. The fourth-order valence-corrected chi connectivity index (χ4v) is 2.28. The average Bonchev–Trinajstić information content (AvgIpc) is 2.92. The molecule has 3 rings (SSSR count). The van der Waals surface area contributed by atoms with Crippen LogP contribution in [-0.4, -0.2) is 29.8 Å². The number of H-pyrrole nitrogens is 1. The maximum absolute atomic E-state index is 12.2. The first-order valence-electron chi connectivity index (χ1n) is 6.50. The minimum Gasteiger partial charge on any atom is -0.497 e. The van der Waals surface area contributed by atoms with E-state index in [1.165, 1.54) is 0 Å². The van der Waals surface area contributed by atoms with Crippen molar-refractivity contribution >= 4 is 11.6 Å². The highest BCUT2D eigenvalue weighted by Crippen LogP contribution is 2.18. The van der Waals surface area contributed by atoms with E-state index in [-0.39, 0.29) is 5.91 Å². The molecule has 6 heteroatoms. The van der Waals surface area contributed by atoms with Gasteiger partial charge in [-0.25, -0.2) is 0 Å². The Morgan fingerprint density at radius 1 is 1.35 bits per heavy atom. The molecule has 0 aliphatic carbocycles. The van der Waals surface area contributed by atoms with Gasteiger partial charge in [-0.05, 0) is 24.3 Å². The normalized spacial score (nSPS) is 13.7. The van der Waals surface area contributed by atoms with Gasteiger partial charge in [0.25, 0.3) is 5.91 Å². The van der Waals surface area contributed by atoms with E-state index in [0.717, 1.165) is 35.7 Å². The number of nitrogens with zero attached hydrogens (tertiary/aromatic N) is 1. The van der Waals surface area contributed by atoms with Crippen LogP contribution in [0.1, 0.15) is 21.7 Å². The van der Waals surface area contributed by atoms with Crippen LogP contribution in [0.5, 0.6) is 5.75 Å². The fraction of sp³-hybridized carbons (Fsp3) is 0.286. The monoisotopic (exact) mass is 272 g/mol. The molecule has 0 atom stereocenters. The van der Waals surface area contributed by atoms with Crippen LogP contribution >= 0.6 is 0 Å². The Labute approximate surface area is 116 Å². The summed E-state index contributed by atoms with van der Waals surface area (Å²) in [6.45, 7) is 1.59. The van der Waals surface area contributed by atoms with Gasteiger partial charge in [-0.2, -0.15) is 5.10 Å². The summed E-state index contributed by atoms with van der Waals surface area (Å²) in [5.41, 5.74) is 3.19. The number of rotatable bonds is 3. The predicted molar refractivity (Wildman–Crippen MR) is 74.9 cm³/mol. The highest BCUT2D eigenvalue weighted by atomic mass is 16.5. The Kier molecular flexibility index (Phi) is 3.39. The van der Waals surface area contributed by atoms with Gasteiger partial charge in [0.05, 0.1) is 7.11 Å².